The predicted molar refractivity (Wildman–Crippen MR) is 71.7 cm³/mol. The number of nitrogen functional groups attached to an aromatic ring is 1. The van der Waals surface area contributed by atoms with Gasteiger partial charge in [-0.2, -0.15) is 4.98 Å². The highest BCUT2D eigenvalue weighted by molar-refractivity contribution is 5.90. The van der Waals surface area contributed by atoms with Gasteiger partial charge in [0.05, 0.1) is 0 Å². The van der Waals surface area contributed by atoms with Crippen LogP contribution in [0, 0.1) is 0 Å². The first kappa shape index (κ1) is 13.8. The largest absolute Gasteiger partial charge is 0.366 e. The molecule has 1 amide bonds. The molecule has 8 heteroatoms. The van der Waals surface area contributed by atoms with Gasteiger partial charge in [-0.3, -0.25) is 9.89 Å². The fraction of sp³-hybridized carbons (Fsp3) is 0.727. The normalized spacial score (nSPS) is 17.5. The highest BCUT2D eigenvalue weighted by Crippen LogP contribution is 1.99. The van der Waals surface area contributed by atoms with Crippen molar-refractivity contribution < 1.29 is 4.79 Å². The van der Waals surface area contributed by atoms with Crippen molar-refractivity contribution in [2.75, 3.05) is 52.0 Å². The third kappa shape index (κ3) is 4.18. The molecule has 0 aromatic carbocycles. The number of likely N-dealkylation sites (N-methyl/N-ethyl adjacent to an activating group) is 1. The second-order valence-electron chi connectivity index (χ2n) is 4.80. The number of nitrogens with one attached hydrogen (secondary N) is 2. The summed E-state index contributed by atoms with van der Waals surface area (Å²) in [4.78, 5) is 20.1. The summed E-state index contributed by atoms with van der Waals surface area (Å²) >= 11 is 0. The third-order valence-electron chi connectivity index (χ3n) is 3.25. The van der Waals surface area contributed by atoms with Gasteiger partial charge in [-0.25, -0.2) is 0 Å². The van der Waals surface area contributed by atoms with Crippen LogP contribution in [0.25, 0.3) is 0 Å². The number of carbonyl (C=O) groups is 1. The lowest BCUT2D eigenvalue weighted by Crippen LogP contribution is -2.45. The number of piperazine rings is 1. The van der Waals surface area contributed by atoms with Crippen LogP contribution in [0.1, 0.15) is 17.0 Å². The third-order valence-corrected chi connectivity index (χ3v) is 3.25. The van der Waals surface area contributed by atoms with E-state index in [1.165, 1.54) is 0 Å². The van der Waals surface area contributed by atoms with Crippen LogP contribution in [0.3, 0.4) is 0 Å². The van der Waals surface area contributed by atoms with Crippen LogP contribution in [0.4, 0.5) is 5.95 Å². The van der Waals surface area contributed by atoms with E-state index < -0.39 is 0 Å². The maximum Gasteiger partial charge on any atom is 0.288 e. The fourth-order valence-electron chi connectivity index (χ4n) is 2.04. The first-order valence-corrected chi connectivity index (χ1v) is 6.52. The molecule has 0 aliphatic carbocycles. The molecule has 19 heavy (non-hydrogen) atoms. The van der Waals surface area contributed by atoms with E-state index in [0.29, 0.717) is 6.54 Å². The zero-order valence-electron chi connectivity index (χ0n) is 11.2. The second-order valence-corrected chi connectivity index (χ2v) is 4.80. The van der Waals surface area contributed by atoms with Gasteiger partial charge in [0.15, 0.2) is 0 Å². The highest BCUT2D eigenvalue weighted by atomic mass is 16.2. The lowest BCUT2D eigenvalue weighted by Gasteiger charge is -2.32. The molecule has 0 saturated carbocycles. The van der Waals surface area contributed by atoms with Gasteiger partial charge >= 0.3 is 0 Å². The number of aromatic nitrogens is 3. The average molecular weight is 267 g/mol. The molecule has 1 aliphatic rings. The number of hydrogen-bond acceptors (Lipinski definition) is 6. The smallest absolute Gasteiger partial charge is 0.288 e. The van der Waals surface area contributed by atoms with Gasteiger partial charge < -0.3 is 20.9 Å². The maximum atomic E-state index is 11.6. The lowest BCUT2D eigenvalue weighted by molar-refractivity contribution is 0.0939. The molecule has 8 nitrogen and oxygen atoms in total. The van der Waals surface area contributed by atoms with Crippen molar-refractivity contribution in [1.82, 2.24) is 30.3 Å². The molecule has 0 spiro atoms. The number of amides is 1. The molecule has 2 heterocycles. The molecule has 1 aromatic rings. The molecule has 0 atom stereocenters. The minimum absolute atomic E-state index is 0.0857. The minimum atomic E-state index is -0.262. The van der Waals surface area contributed by atoms with Crippen molar-refractivity contribution in [1.29, 1.82) is 0 Å². The van der Waals surface area contributed by atoms with Crippen molar-refractivity contribution >= 4 is 11.9 Å². The topological polar surface area (TPSA) is 103 Å². The van der Waals surface area contributed by atoms with E-state index in [2.05, 4.69) is 37.3 Å². The van der Waals surface area contributed by atoms with Gasteiger partial charge in [0.2, 0.25) is 11.8 Å². The summed E-state index contributed by atoms with van der Waals surface area (Å²) in [5, 5.41) is 8.90. The van der Waals surface area contributed by atoms with E-state index in [4.69, 9.17) is 5.73 Å². The monoisotopic (exact) mass is 267 g/mol. The van der Waals surface area contributed by atoms with E-state index in [9.17, 15) is 4.79 Å². The Morgan fingerprint density at radius 2 is 2.16 bits per heavy atom. The van der Waals surface area contributed by atoms with E-state index in [1.54, 1.807) is 0 Å². The average Bonchev–Trinajstić information content (AvgIpc) is 2.83. The summed E-state index contributed by atoms with van der Waals surface area (Å²) in [7, 11) is 2.14. The maximum absolute atomic E-state index is 11.6. The summed E-state index contributed by atoms with van der Waals surface area (Å²) < 4.78 is 0. The number of aromatic amines is 1. The van der Waals surface area contributed by atoms with Crippen LogP contribution in [-0.2, 0) is 0 Å². The summed E-state index contributed by atoms with van der Waals surface area (Å²) in [6.07, 6.45) is 0.930. The summed E-state index contributed by atoms with van der Waals surface area (Å²) in [6.45, 7) is 6.07. The molecule has 4 N–H and O–H groups in total. The number of anilines is 1. The van der Waals surface area contributed by atoms with Gasteiger partial charge in [-0.15, -0.1) is 5.10 Å². The van der Waals surface area contributed by atoms with Crippen molar-refractivity contribution in [3.05, 3.63) is 5.82 Å². The number of nitrogens with zero attached hydrogens (tertiary/aromatic N) is 4. The standard InChI is InChI=1S/C11H21N7O/c1-17-5-7-18(8-6-17)4-2-3-13-10(19)9-14-11(12)16-15-9/h2-8H2,1H3,(H,13,19)(H3,12,14,15,16). The Labute approximate surface area is 112 Å². The van der Waals surface area contributed by atoms with E-state index in [-0.39, 0.29) is 17.7 Å². The molecule has 1 aliphatic heterocycles. The molecule has 106 valence electrons. The van der Waals surface area contributed by atoms with Crippen molar-refractivity contribution in [3.8, 4) is 0 Å². The van der Waals surface area contributed by atoms with E-state index in [0.717, 1.165) is 39.1 Å². The van der Waals surface area contributed by atoms with Crippen LogP contribution in [0.15, 0.2) is 0 Å². The number of carbonyl (C=O) groups excluding carboxylic acids is 1. The molecule has 0 radical (unpaired) electrons. The number of nitrogens with two attached hydrogens (primary N) is 1. The summed E-state index contributed by atoms with van der Waals surface area (Å²) in [5.41, 5.74) is 5.34. The summed E-state index contributed by atoms with van der Waals surface area (Å²) in [6, 6.07) is 0. The first-order valence-electron chi connectivity index (χ1n) is 6.52. The lowest BCUT2D eigenvalue weighted by atomic mass is 10.3. The number of rotatable bonds is 5. The molecule has 1 aromatic heterocycles. The van der Waals surface area contributed by atoms with Crippen molar-refractivity contribution in [3.63, 3.8) is 0 Å². The first-order chi connectivity index (χ1) is 9.15. The SMILES string of the molecule is CN1CCN(CCCNC(=O)c2nc(N)n[nH]2)CC1. The van der Waals surface area contributed by atoms with Crippen LogP contribution >= 0.6 is 0 Å². The van der Waals surface area contributed by atoms with Gasteiger partial charge in [-0.1, -0.05) is 0 Å². The molecular weight excluding hydrogens is 246 g/mol. The zero-order valence-corrected chi connectivity index (χ0v) is 11.2. The molecule has 0 bridgehead atoms. The molecule has 1 saturated heterocycles. The Balaban J connectivity index is 1.60. The number of hydrogen-bond donors (Lipinski definition) is 3. The second kappa shape index (κ2) is 6.48. The number of H-pyrrole nitrogens is 1. The van der Waals surface area contributed by atoms with E-state index in [1.807, 2.05) is 0 Å². The molecular formula is C11H21N7O. The van der Waals surface area contributed by atoms with Gasteiger partial charge in [0, 0.05) is 32.7 Å². The van der Waals surface area contributed by atoms with Crippen LogP contribution < -0.4 is 11.1 Å². The van der Waals surface area contributed by atoms with Gasteiger partial charge in [-0.05, 0) is 20.0 Å². The molecule has 0 unspecified atom stereocenters. The van der Waals surface area contributed by atoms with Gasteiger partial charge in [0.25, 0.3) is 5.91 Å². The van der Waals surface area contributed by atoms with E-state index >= 15 is 0 Å². The minimum Gasteiger partial charge on any atom is -0.366 e. The Kier molecular flexibility index (Phi) is 4.69. The van der Waals surface area contributed by atoms with Crippen LogP contribution in [-0.4, -0.2) is 77.2 Å². The Bertz CT molecular complexity index is 411. The fourth-order valence-corrected chi connectivity index (χ4v) is 2.04. The van der Waals surface area contributed by atoms with Crippen LogP contribution in [0.2, 0.25) is 0 Å². The Morgan fingerprint density at radius 1 is 1.42 bits per heavy atom. The zero-order chi connectivity index (χ0) is 13.7. The van der Waals surface area contributed by atoms with Crippen molar-refractivity contribution in [2.24, 2.45) is 0 Å². The van der Waals surface area contributed by atoms with Crippen LogP contribution in [0.5, 0.6) is 0 Å². The molecule has 1 fully saturated rings. The quantitative estimate of drug-likeness (QED) is 0.576. The summed E-state index contributed by atoms with van der Waals surface area (Å²) in [5.74, 6) is -0.0118. The Morgan fingerprint density at radius 3 is 2.79 bits per heavy atom. The Hall–Kier alpha value is -1.67. The highest BCUT2D eigenvalue weighted by Gasteiger charge is 2.13. The van der Waals surface area contributed by atoms with Gasteiger partial charge in [0.1, 0.15) is 0 Å². The van der Waals surface area contributed by atoms with Crippen molar-refractivity contribution in [2.45, 2.75) is 6.42 Å². The predicted octanol–water partition coefficient (Wildman–Crippen LogP) is -1.25. The molecule has 2 rings (SSSR count).